The molecule has 0 unspecified atom stereocenters. The van der Waals surface area contributed by atoms with Crippen molar-refractivity contribution in [1.29, 1.82) is 0 Å². The lowest BCUT2D eigenvalue weighted by Crippen LogP contribution is -2.35. The van der Waals surface area contributed by atoms with E-state index in [9.17, 15) is 19.8 Å². The molecular weight excluding hydrogens is 578 g/mol. The van der Waals surface area contributed by atoms with Gasteiger partial charge in [-0.2, -0.15) is 11.8 Å². The molecule has 0 bridgehead atoms. The number of nitrogens with zero attached hydrogens (tertiary/aromatic N) is 4. The predicted molar refractivity (Wildman–Crippen MR) is 162 cm³/mol. The number of hydrogen-bond acceptors (Lipinski definition) is 12. The van der Waals surface area contributed by atoms with Crippen LogP contribution in [0.25, 0.3) is 0 Å². The van der Waals surface area contributed by atoms with Gasteiger partial charge in [0.1, 0.15) is 11.4 Å². The summed E-state index contributed by atoms with van der Waals surface area (Å²) < 4.78 is 23.9. The van der Waals surface area contributed by atoms with Crippen molar-refractivity contribution in [3.63, 3.8) is 0 Å². The van der Waals surface area contributed by atoms with Crippen LogP contribution >= 0.6 is 11.8 Å². The third kappa shape index (κ3) is 14.1. The highest BCUT2D eigenvalue weighted by molar-refractivity contribution is 7.99. The van der Waals surface area contributed by atoms with E-state index in [0.29, 0.717) is 103 Å². The van der Waals surface area contributed by atoms with Crippen molar-refractivity contribution in [3.8, 4) is 0 Å². The summed E-state index contributed by atoms with van der Waals surface area (Å²) >= 11 is 1.72. The van der Waals surface area contributed by atoms with E-state index in [1.54, 1.807) is 23.9 Å². The fourth-order valence-corrected chi connectivity index (χ4v) is 5.07. The molecule has 3 rings (SSSR count). The van der Waals surface area contributed by atoms with Crippen molar-refractivity contribution in [1.82, 2.24) is 19.8 Å². The number of nitrogens with two attached hydrogens (primary N) is 1. The van der Waals surface area contributed by atoms with Crippen LogP contribution in [0.15, 0.2) is 36.4 Å². The van der Waals surface area contributed by atoms with Crippen LogP contribution in [0.1, 0.15) is 32.4 Å². The Bertz CT molecular complexity index is 1110. The van der Waals surface area contributed by atoms with Gasteiger partial charge in [-0.25, -0.2) is 19.6 Å². The SMILES string of the molecule is NCCSC[C@@H]1COCCN(Cc2cccc(C(=O)O)n2)CCOCCOCCN(Cc2cccc(C(=O)O)n2)CCO1. The summed E-state index contributed by atoms with van der Waals surface area (Å²) in [7, 11) is 0. The maximum absolute atomic E-state index is 11.4. The molecule has 3 heterocycles. The molecule has 0 amide bonds. The quantitative estimate of drug-likeness (QED) is 0.325. The summed E-state index contributed by atoms with van der Waals surface area (Å²) in [5, 5.41) is 18.6. The highest BCUT2D eigenvalue weighted by Gasteiger charge is 2.15. The minimum atomic E-state index is -1.06. The number of carboxylic acids is 2. The van der Waals surface area contributed by atoms with Crippen LogP contribution in [0.4, 0.5) is 0 Å². The molecule has 0 aliphatic carbocycles. The van der Waals surface area contributed by atoms with Crippen molar-refractivity contribution >= 4 is 23.7 Å². The number of aromatic nitrogens is 2. The molecule has 1 saturated heterocycles. The molecule has 0 spiro atoms. The molecule has 1 aliphatic rings. The van der Waals surface area contributed by atoms with Gasteiger partial charge in [-0.15, -0.1) is 0 Å². The lowest BCUT2D eigenvalue weighted by molar-refractivity contribution is -0.0238. The second-order valence-electron chi connectivity index (χ2n) is 9.85. The molecular formula is C29H43N5O8S. The van der Waals surface area contributed by atoms with E-state index in [0.717, 1.165) is 11.5 Å². The molecule has 4 N–H and O–H groups in total. The van der Waals surface area contributed by atoms with Crippen molar-refractivity contribution in [3.05, 3.63) is 59.2 Å². The van der Waals surface area contributed by atoms with Crippen molar-refractivity contribution in [2.45, 2.75) is 19.2 Å². The zero-order valence-electron chi connectivity index (χ0n) is 24.5. The van der Waals surface area contributed by atoms with Crippen LogP contribution in [0, 0.1) is 0 Å². The molecule has 2 aromatic rings. The van der Waals surface area contributed by atoms with Crippen LogP contribution in [-0.4, -0.2) is 139 Å². The van der Waals surface area contributed by atoms with E-state index in [4.69, 9.17) is 24.7 Å². The Morgan fingerprint density at radius 2 is 1.30 bits per heavy atom. The molecule has 1 fully saturated rings. The fraction of sp³-hybridized carbons (Fsp3) is 0.586. The Morgan fingerprint density at radius 1 is 0.791 bits per heavy atom. The molecule has 43 heavy (non-hydrogen) atoms. The number of rotatable bonds is 10. The lowest BCUT2D eigenvalue weighted by Gasteiger charge is -2.25. The molecule has 2 aromatic heterocycles. The van der Waals surface area contributed by atoms with E-state index < -0.39 is 11.9 Å². The number of pyridine rings is 2. The molecule has 0 aromatic carbocycles. The molecule has 1 atom stereocenters. The van der Waals surface area contributed by atoms with Gasteiger partial charge in [0, 0.05) is 57.3 Å². The highest BCUT2D eigenvalue weighted by atomic mass is 32.2. The number of aromatic carboxylic acids is 2. The van der Waals surface area contributed by atoms with E-state index >= 15 is 0 Å². The van der Waals surface area contributed by atoms with Crippen LogP contribution < -0.4 is 5.73 Å². The molecule has 238 valence electrons. The predicted octanol–water partition coefficient (Wildman–Crippen LogP) is 1.32. The number of ether oxygens (including phenoxy) is 4. The van der Waals surface area contributed by atoms with Gasteiger partial charge in [0.25, 0.3) is 0 Å². The zero-order chi connectivity index (χ0) is 30.7. The van der Waals surface area contributed by atoms with Gasteiger partial charge in [-0.1, -0.05) is 12.1 Å². The van der Waals surface area contributed by atoms with Crippen LogP contribution in [-0.2, 0) is 32.0 Å². The minimum Gasteiger partial charge on any atom is -0.477 e. The molecule has 13 nitrogen and oxygen atoms in total. The Hall–Kier alpha value is -2.69. The first kappa shape index (κ1) is 34.8. The topological polar surface area (TPSA) is 170 Å². The molecule has 14 heteroatoms. The average molecular weight is 622 g/mol. The van der Waals surface area contributed by atoms with Gasteiger partial charge in [-0.05, 0) is 24.3 Å². The Morgan fingerprint density at radius 3 is 1.81 bits per heavy atom. The van der Waals surface area contributed by atoms with Gasteiger partial charge in [0.2, 0.25) is 0 Å². The van der Waals surface area contributed by atoms with Gasteiger partial charge >= 0.3 is 11.9 Å². The summed E-state index contributed by atoms with van der Waals surface area (Å²) in [4.78, 5) is 35.5. The third-order valence-corrected chi connectivity index (χ3v) is 7.61. The average Bonchev–Trinajstić information content (AvgIpc) is 2.99. The van der Waals surface area contributed by atoms with Gasteiger partial charge in [0.15, 0.2) is 0 Å². The smallest absolute Gasteiger partial charge is 0.354 e. The normalized spacial score (nSPS) is 19.3. The largest absolute Gasteiger partial charge is 0.477 e. The van der Waals surface area contributed by atoms with Gasteiger partial charge < -0.3 is 34.9 Å². The molecule has 0 saturated carbocycles. The second kappa shape index (κ2) is 20.3. The number of carboxylic acid groups (broad SMARTS) is 2. The Kier molecular flexibility index (Phi) is 16.4. The standard InChI is InChI=1S/C29H43N5O8S/c30-7-18-43-22-25-21-41-14-10-33(19-23-3-1-5-26(31-23)28(35)36)8-12-39-16-17-40-13-9-34(11-15-42-25)20-24-4-2-6-27(32-24)29(37)38/h1-6,25H,7-22,30H2,(H,35,36)(H,37,38)/t25-/m0/s1. The van der Waals surface area contributed by atoms with Gasteiger partial charge in [-0.3, -0.25) is 9.80 Å². The fourth-order valence-electron chi connectivity index (χ4n) is 4.28. The van der Waals surface area contributed by atoms with Crippen LogP contribution in [0.3, 0.4) is 0 Å². The second-order valence-corrected chi connectivity index (χ2v) is 11.0. The monoisotopic (exact) mass is 621 g/mol. The molecule has 0 radical (unpaired) electrons. The first-order valence-electron chi connectivity index (χ1n) is 14.4. The number of hydrogen-bond donors (Lipinski definition) is 3. The summed E-state index contributed by atoms with van der Waals surface area (Å²) in [6.07, 6.45) is -0.132. The first-order valence-corrected chi connectivity index (χ1v) is 15.6. The Balaban J connectivity index is 1.60. The van der Waals surface area contributed by atoms with E-state index in [-0.39, 0.29) is 17.5 Å². The van der Waals surface area contributed by atoms with Crippen molar-refractivity contribution in [2.24, 2.45) is 5.73 Å². The van der Waals surface area contributed by atoms with E-state index in [1.165, 1.54) is 12.1 Å². The first-order chi connectivity index (χ1) is 20.9. The van der Waals surface area contributed by atoms with Crippen molar-refractivity contribution < 1.29 is 38.7 Å². The summed E-state index contributed by atoms with van der Waals surface area (Å²) in [6.45, 7) is 7.11. The van der Waals surface area contributed by atoms with Crippen LogP contribution in [0.5, 0.6) is 0 Å². The maximum Gasteiger partial charge on any atom is 0.354 e. The van der Waals surface area contributed by atoms with Crippen molar-refractivity contribution in [2.75, 3.05) is 90.5 Å². The van der Waals surface area contributed by atoms with E-state index in [2.05, 4.69) is 19.8 Å². The number of carbonyl (C=O) groups is 2. The van der Waals surface area contributed by atoms with Crippen LogP contribution in [0.2, 0.25) is 0 Å². The summed E-state index contributed by atoms with van der Waals surface area (Å²) in [5.41, 5.74) is 7.05. The Labute approximate surface area is 256 Å². The molecule has 1 aliphatic heterocycles. The lowest BCUT2D eigenvalue weighted by atomic mass is 10.3. The van der Waals surface area contributed by atoms with E-state index in [1.807, 2.05) is 12.1 Å². The zero-order valence-corrected chi connectivity index (χ0v) is 25.3. The summed E-state index contributed by atoms with van der Waals surface area (Å²) in [5.74, 6) is -0.547. The summed E-state index contributed by atoms with van der Waals surface area (Å²) in [6, 6.07) is 9.99. The number of thioether (sulfide) groups is 1. The highest BCUT2D eigenvalue weighted by Crippen LogP contribution is 2.10. The minimum absolute atomic E-state index is 0.0151. The van der Waals surface area contributed by atoms with Gasteiger partial charge in [0.05, 0.1) is 63.7 Å². The maximum atomic E-state index is 11.4. The third-order valence-electron chi connectivity index (χ3n) is 6.48.